The van der Waals surface area contributed by atoms with Gasteiger partial charge in [-0.25, -0.2) is 0 Å². The third-order valence-corrected chi connectivity index (χ3v) is 3.08. The highest BCUT2D eigenvalue weighted by atomic mass is 16.5. The number of carbonyl (C=O) groups is 2. The fourth-order valence-corrected chi connectivity index (χ4v) is 1.94. The number of aromatic hydroxyl groups is 1. The van der Waals surface area contributed by atoms with Gasteiger partial charge in [0, 0.05) is 19.3 Å². The van der Waals surface area contributed by atoms with Crippen LogP contribution in [-0.4, -0.2) is 36.2 Å². The van der Waals surface area contributed by atoms with Crippen LogP contribution in [-0.2, 0) is 16.0 Å². The molecule has 0 heterocycles. The lowest BCUT2D eigenvalue weighted by Gasteiger charge is -2.11. The summed E-state index contributed by atoms with van der Waals surface area (Å²) >= 11 is 0. The summed E-state index contributed by atoms with van der Waals surface area (Å²) in [6.45, 7) is 0. The predicted molar refractivity (Wildman–Crippen MR) is 76.0 cm³/mol. The molecule has 2 N–H and O–H groups in total. The van der Waals surface area contributed by atoms with Gasteiger partial charge in [-0.15, -0.1) is 0 Å². The number of phenols is 1. The molecular weight excluding hydrogens is 276 g/mol. The number of hydrogen-bond donors (Lipinski definition) is 2. The van der Waals surface area contributed by atoms with Crippen LogP contribution in [0.3, 0.4) is 0 Å². The smallest absolute Gasteiger partial charge is 0.303 e. The van der Waals surface area contributed by atoms with Crippen molar-refractivity contribution in [3.05, 3.63) is 17.7 Å². The predicted octanol–water partition coefficient (Wildman–Crippen LogP) is 2.17. The van der Waals surface area contributed by atoms with Crippen molar-refractivity contribution < 1.29 is 29.3 Å². The fourth-order valence-electron chi connectivity index (χ4n) is 1.94. The molecule has 6 heteroatoms. The molecule has 0 amide bonds. The van der Waals surface area contributed by atoms with Crippen LogP contribution in [0.4, 0.5) is 0 Å². The first kappa shape index (κ1) is 16.8. The van der Waals surface area contributed by atoms with Gasteiger partial charge in [-0.2, -0.15) is 0 Å². The van der Waals surface area contributed by atoms with Crippen LogP contribution in [0.5, 0.6) is 17.2 Å². The van der Waals surface area contributed by atoms with E-state index in [4.69, 9.17) is 14.6 Å². The van der Waals surface area contributed by atoms with Crippen molar-refractivity contribution in [1.82, 2.24) is 0 Å². The molecule has 0 spiro atoms. The van der Waals surface area contributed by atoms with Gasteiger partial charge in [0.05, 0.1) is 14.2 Å². The lowest BCUT2D eigenvalue weighted by molar-refractivity contribution is -0.137. The van der Waals surface area contributed by atoms with Crippen LogP contribution in [0.1, 0.15) is 31.2 Å². The summed E-state index contributed by atoms with van der Waals surface area (Å²) in [5.74, 6) is -0.361. The molecule has 0 radical (unpaired) electrons. The number of phenolic OH excluding ortho intramolecular Hbond substituents is 1. The van der Waals surface area contributed by atoms with Crippen molar-refractivity contribution in [3.8, 4) is 17.2 Å². The highest BCUT2D eigenvalue weighted by Gasteiger charge is 2.12. The van der Waals surface area contributed by atoms with Gasteiger partial charge in [-0.05, 0) is 30.5 Å². The maximum absolute atomic E-state index is 11.7. The molecule has 0 saturated heterocycles. The molecule has 0 aliphatic rings. The third kappa shape index (κ3) is 5.33. The van der Waals surface area contributed by atoms with E-state index in [-0.39, 0.29) is 24.4 Å². The van der Waals surface area contributed by atoms with Gasteiger partial charge in [0.1, 0.15) is 5.78 Å². The maximum atomic E-state index is 11.7. The van der Waals surface area contributed by atoms with Crippen LogP contribution in [0.25, 0.3) is 0 Å². The molecule has 0 unspecified atom stereocenters. The second-order valence-corrected chi connectivity index (χ2v) is 4.63. The minimum Gasteiger partial charge on any atom is -0.502 e. The quantitative estimate of drug-likeness (QED) is 0.725. The average Bonchev–Trinajstić information content (AvgIpc) is 2.45. The van der Waals surface area contributed by atoms with Crippen molar-refractivity contribution in [2.75, 3.05) is 14.2 Å². The lowest BCUT2D eigenvalue weighted by atomic mass is 10.0. The Morgan fingerprint density at radius 1 is 1.05 bits per heavy atom. The molecule has 1 aromatic carbocycles. The summed E-state index contributed by atoms with van der Waals surface area (Å²) in [6.07, 6.45) is 1.43. The summed E-state index contributed by atoms with van der Waals surface area (Å²) in [5, 5.41) is 18.3. The molecule has 0 fully saturated rings. The average molecular weight is 296 g/mol. The van der Waals surface area contributed by atoms with Crippen molar-refractivity contribution in [2.24, 2.45) is 0 Å². The van der Waals surface area contributed by atoms with Gasteiger partial charge < -0.3 is 19.7 Å². The number of benzene rings is 1. The second kappa shape index (κ2) is 8.14. The first-order valence-corrected chi connectivity index (χ1v) is 6.65. The Bertz CT molecular complexity index is 484. The summed E-state index contributed by atoms with van der Waals surface area (Å²) in [7, 11) is 2.88. The first-order chi connectivity index (χ1) is 9.97. The van der Waals surface area contributed by atoms with Gasteiger partial charge in [0.15, 0.2) is 11.5 Å². The lowest BCUT2D eigenvalue weighted by Crippen LogP contribution is -2.03. The highest BCUT2D eigenvalue weighted by molar-refractivity contribution is 5.79. The monoisotopic (exact) mass is 296 g/mol. The van der Waals surface area contributed by atoms with E-state index < -0.39 is 5.97 Å². The summed E-state index contributed by atoms with van der Waals surface area (Å²) < 4.78 is 10.1. The fraction of sp³-hybridized carbons (Fsp3) is 0.467. The highest BCUT2D eigenvalue weighted by Crippen LogP contribution is 2.37. The van der Waals surface area contributed by atoms with Gasteiger partial charge in [-0.1, -0.05) is 0 Å². The zero-order valence-corrected chi connectivity index (χ0v) is 12.2. The number of rotatable bonds is 9. The second-order valence-electron chi connectivity index (χ2n) is 4.63. The SMILES string of the molecule is COc1cc(CCC(=O)CCCC(=O)O)cc(OC)c1O. The van der Waals surface area contributed by atoms with E-state index in [0.717, 1.165) is 5.56 Å². The zero-order valence-electron chi connectivity index (χ0n) is 12.2. The molecule has 0 aromatic heterocycles. The molecule has 116 valence electrons. The minimum atomic E-state index is -0.893. The van der Waals surface area contributed by atoms with Crippen molar-refractivity contribution in [3.63, 3.8) is 0 Å². The normalized spacial score (nSPS) is 10.2. The van der Waals surface area contributed by atoms with Gasteiger partial charge in [0.25, 0.3) is 0 Å². The van der Waals surface area contributed by atoms with E-state index in [9.17, 15) is 14.7 Å². The number of carbonyl (C=O) groups excluding carboxylic acids is 1. The maximum Gasteiger partial charge on any atom is 0.303 e. The van der Waals surface area contributed by atoms with Crippen LogP contribution in [0.15, 0.2) is 12.1 Å². The van der Waals surface area contributed by atoms with Crippen molar-refractivity contribution in [2.45, 2.75) is 32.1 Å². The molecule has 21 heavy (non-hydrogen) atoms. The van der Waals surface area contributed by atoms with Crippen LogP contribution < -0.4 is 9.47 Å². The molecule has 0 aliphatic heterocycles. The summed E-state index contributed by atoms with van der Waals surface area (Å²) in [5.41, 5.74) is 0.813. The number of Topliss-reactive ketones (excluding diaryl/α,β-unsaturated/α-hetero) is 1. The number of hydrogen-bond acceptors (Lipinski definition) is 5. The Morgan fingerprint density at radius 2 is 1.62 bits per heavy atom. The van der Waals surface area contributed by atoms with E-state index in [1.807, 2.05) is 0 Å². The molecular formula is C15H20O6. The van der Waals surface area contributed by atoms with Crippen LogP contribution in [0.2, 0.25) is 0 Å². The van der Waals surface area contributed by atoms with Crippen molar-refractivity contribution in [1.29, 1.82) is 0 Å². The van der Waals surface area contributed by atoms with Crippen molar-refractivity contribution >= 4 is 11.8 Å². The molecule has 0 saturated carbocycles. The van der Waals surface area contributed by atoms with Crippen LogP contribution in [0, 0.1) is 0 Å². The summed E-state index contributed by atoms with van der Waals surface area (Å²) in [6, 6.07) is 3.31. The van der Waals surface area contributed by atoms with E-state index >= 15 is 0 Å². The Labute approximate surface area is 123 Å². The Hall–Kier alpha value is -2.24. The Kier molecular flexibility index (Phi) is 6.52. The minimum absolute atomic E-state index is 0.00654. The number of ketones is 1. The Morgan fingerprint density at radius 3 is 2.10 bits per heavy atom. The van der Waals surface area contributed by atoms with E-state index in [1.165, 1.54) is 14.2 Å². The zero-order chi connectivity index (χ0) is 15.8. The number of aryl methyl sites for hydroxylation is 1. The first-order valence-electron chi connectivity index (χ1n) is 6.65. The molecule has 6 nitrogen and oxygen atoms in total. The Balaban J connectivity index is 2.59. The third-order valence-electron chi connectivity index (χ3n) is 3.08. The van der Waals surface area contributed by atoms with E-state index in [0.29, 0.717) is 30.8 Å². The van der Waals surface area contributed by atoms with Crippen LogP contribution >= 0.6 is 0 Å². The van der Waals surface area contributed by atoms with Gasteiger partial charge in [-0.3, -0.25) is 9.59 Å². The largest absolute Gasteiger partial charge is 0.502 e. The number of carboxylic acid groups (broad SMARTS) is 1. The molecule has 1 rings (SSSR count). The molecule has 0 bridgehead atoms. The number of carboxylic acids is 1. The van der Waals surface area contributed by atoms with E-state index in [1.54, 1.807) is 12.1 Å². The van der Waals surface area contributed by atoms with E-state index in [2.05, 4.69) is 0 Å². The molecule has 1 aromatic rings. The number of methoxy groups -OCH3 is 2. The van der Waals surface area contributed by atoms with Gasteiger partial charge in [0.2, 0.25) is 5.75 Å². The molecule has 0 aliphatic carbocycles. The molecule has 0 atom stereocenters. The number of ether oxygens (including phenoxy) is 2. The summed E-state index contributed by atoms with van der Waals surface area (Å²) in [4.78, 5) is 22.0. The topological polar surface area (TPSA) is 93.1 Å². The number of aliphatic carboxylic acids is 1. The van der Waals surface area contributed by atoms with Gasteiger partial charge >= 0.3 is 5.97 Å². The standard InChI is InChI=1S/C15H20O6/c1-20-12-8-10(9-13(21-2)15(12)19)6-7-11(16)4-3-5-14(17)18/h8-9,19H,3-7H2,1-2H3,(H,17,18).